The smallest absolute Gasteiger partial charge is 0.0692 e. The van der Waals surface area contributed by atoms with Crippen molar-refractivity contribution in [2.45, 2.75) is 65.7 Å². The Morgan fingerprint density at radius 3 is 2.29 bits per heavy atom. The molecule has 0 bridgehead atoms. The van der Waals surface area contributed by atoms with Crippen LogP contribution >= 0.6 is 0 Å². The highest BCUT2D eigenvalue weighted by molar-refractivity contribution is 5.08. The van der Waals surface area contributed by atoms with Gasteiger partial charge in [0.05, 0.1) is 11.5 Å². The molecule has 0 N–H and O–H groups in total. The van der Waals surface area contributed by atoms with Crippen molar-refractivity contribution in [3.8, 4) is 6.07 Å². The van der Waals surface area contributed by atoms with Crippen LogP contribution in [0.2, 0.25) is 0 Å². The summed E-state index contributed by atoms with van der Waals surface area (Å²) in [5.41, 5.74) is 0.0453. The highest BCUT2D eigenvalue weighted by Gasteiger charge is 2.46. The Labute approximate surface area is 107 Å². The van der Waals surface area contributed by atoms with Gasteiger partial charge >= 0.3 is 0 Å². The van der Waals surface area contributed by atoms with Crippen molar-refractivity contribution in [3.63, 3.8) is 0 Å². The lowest BCUT2D eigenvalue weighted by atomic mass is 9.63. The average Bonchev–Trinajstić information content (AvgIpc) is 2.72. The van der Waals surface area contributed by atoms with Gasteiger partial charge in [-0.1, -0.05) is 27.2 Å². The second-order valence-corrected chi connectivity index (χ2v) is 6.90. The van der Waals surface area contributed by atoms with Crippen LogP contribution in [-0.4, -0.2) is 0 Å². The zero-order valence-electron chi connectivity index (χ0n) is 11.7. The molecule has 1 heteroatoms. The molecule has 0 aromatic rings. The third kappa shape index (κ3) is 2.51. The first-order chi connectivity index (χ1) is 8.09. The van der Waals surface area contributed by atoms with Gasteiger partial charge in [-0.25, -0.2) is 0 Å². The van der Waals surface area contributed by atoms with E-state index >= 15 is 0 Å². The second-order valence-electron chi connectivity index (χ2n) is 6.90. The van der Waals surface area contributed by atoms with E-state index in [1.54, 1.807) is 0 Å². The highest BCUT2D eigenvalue weighted by atomic mass is 14.5. The van der Waals surface area contributed by atoms with Crippen LogP contribution in [0.15, 0.2) is 0 Å². The van der Waals surface area contributed by atoms with Gasteiger partial charge in [-0.05, 0) is 62.2 Å². The van der Waals surface area contributed by atoms with Gasteiger partial charge in [-0.2, -0.15) is 5.26 Å². The Bertz CT molecular complexity index is 293. The van der Waals surface area contributed by atoms with E-state index in [9.17, 15) is 5.26 Å². The maximum absolute atomic E-state index is 9.70. The fraction of sp³-hybridized carbons (Fsp3) is 0.938. The van der Waals surface area contributed by atoms with E-state index in [0.29, 0.717) is 5.92 Å². The number of nitriles is 1. The first kappa shape index (κ1) is 12.9. The Hall–Kier alpha value is -0.510. The standard InChI is InChI=1S/C16H27N/c1-4-14-5-6-16(10-14,11-17)15-8-12(2)7-13(3)9-15/h12-15H,4-10H2,1-3H3. The number of rotatable bonds is 2. The molecule has 0 heterocycles. The minimum Gasteiger partial charge on any atom is -0.198 e. The Morgan fingerprint density at radius 2 is 1.82 bits per heavy atom. The van der Waals surface area contributed by atoms with Gasteiger partial charge in [-0.3, -0.25) is 0 Å². The molecule has 4 atom stereocenters. The van der Waals surface area contributed by atoms with E-state index in [1.165, 1.54) is 44.9 Å². The van der Waals surface area contributed by atoms with Crippen molar-refractivity contribution in [1.29, 1.82) is 5.26 Å². The summed E-state index contributed by atoms with van der Waals surface area (Å²) in [5.74, 6) is 3.16. The van der Waals surface area contributed by atoms with Crippen LogP contribution in [0.1, 0.15) is 65.7 Å². The van der Waals surface area contributed by atoms with E-state index in [2.05, 4.69) is 26.8 Å². The Balaban J connectivity index is 2.11. The van der Waals surface area contributed by atoms with E-state index in [-0.39, 0.29) is 5.41 Å². The summed E-state index contributed by atoms with van der Waals surface area (Å²) < 4.78 is 0. The van der Waals surface area contributed by atoms with Crippen molar-refractivity contribution < 1.29 is 0 Å². The molecule has 0 aromatic carbocycles. The van der Waals surface area contributed by atoms with Gasteiger partial charge in [0.1, 0.15) is 0 Å². The number of nitrogens with zero attached hydrogens (tertiary/aromatic N) is 1. The molecule has 0 amide bonds. The van der Waals surface area contributed by atoms with Gasteiger partial charge in [0, 0.05) is 0 Å². The molecule has 0 aliphatic heterocycles. The normalized spacial score (nSPS) is 46.7. The van der Waals surface area contributed by atoms with Gasteiger partial charge in [-0.15, -0.1) is 0 Å². The van der Waals surface area contributed by atoms with E-state index in [4.69, 9.17) is 0 Å². The predicted octanol–water partition coefficient (Wildman–Crippen LogP) is 4.78. The third-order valence-corrected chi connectivity index (χ3v) is 5.41. The van der Waals surface area contributed by atoms with E-state index in [0.717, 1.165) is 17.8 Å². The van der Waals surface area contributed by atoms with Crippen LogP contribution in [0.5, 0.6) is 0 Å². The monoisotopic (exact) mass is 233 g/mol. The number of hydrogen-bond donors (Lipinski definition) is 0. The molecular formula is C16H27N. The minimum atomic E-state index is 0.0453. The summed E-state index contributed by atoms with van der Waals surface area (Å²) in [5, 5.41) is 9.70. The second kappa shape index (κ2) is 5.01. The Kier molecular flexibility index (Phi) is 3.81. The van der Waals surface area contributed by atoms with Crippen LogP contribution < -0.4 is 0 Å². The average molecular weight is 233 g/mol. The maximum atomic E-state index is 9.70. The quantitative estimate of drug-likeness (QED) is 0.673. The summed E-state index contributed by atoms with van der Waals surface area (Å²) in [6.45, 7) is 7.03. The molecule has 2 aliphatic rings. The molecule has 0 radical (unpaired) electrons. The lowest BCUT2D eigenvalue weighted by Crippen LogP contribution is -2.33. The molecule has 2 aliphatic carbocycles. The molecule has 0 spiro atoms. The zero-order chi connectivity index (χ0) is 12.5. The topological polar surface area (TPSA) is 23.8 Å². The lowest BCUT2D eigenvalue weighted by Gasteiger charge is -2.39. The third-order valence-electron chi connectivity index (χ3n) is 5.41. The lowest BCUT2D eigenvalue weighted by molar-refractivity contribution is 0.115. The summed E-state index contributed by atoms with van der Waals surface area (Å²) in [6.07, 6.45) is 8.89. The molecule has 2 fully saturated rings. The van der Waals surface area contributed by atoms with Gasteiger partial charge < -0.3 is 0 Å². The summed E-state index contributed by atoms with van der Waals surface area (Å²) >= 11 is 0. The summed E-state index contributed by atoms with van der Waals surface area (Å²) in [6, 6.07) is 2.75. The molecule has 96 valence electrons. The number of hydrogen-bond acceptors (Lipinski definition) is 1. The molecule has 17 heavy (non-hydrogen) atoms. The molecule has 4 unspecified atom stereocenters. The molecule has 2 rings (SSSR count). The van der Waals surface area contributed by atoms with Crippen LogP contribution in [0.25, 0.3) is 0 Å². The minimum absolute atomic E-state index is 0.0453. The van der Waals surface area contributed by atoms with E-state index in [1.807, 2.05) is 0 Å². The van der Waals surface area contributed by atoms with Crippen molar-refractivity contribution in [3.05, 3.63) is 0 Å². The molecule has 1 nitrogen and oxygen atoms in total. The molecule has 2 saturated carbocycles. The van der Waals surface area contributed by atoms with Gasteiger partial charge in [0.2, 0.25) is 0 Å². The zero-order valence-corrected chi connectivity index (χ0v) is 11.7. The molecule has 0 saturated heterocycles. The highest BCUT2D eigenvalue weighted by Crippen LogP contribution is 2.53. The van der Waals surface area contributed by atoms with Crippen LogP contribution in [0.4, 0.5) is 0 Å². The first-order valence-corrected chi connectivity index (χ1v) is 7.51. The van der Waals surface area contributed by atoms with Crippen molar-refractivity contribution in [2.24, 2.45) is 29.1 Å². The van der Waals surface area contributed by atoms with Crippen LogP contribution in [-0.2, 0) is 0 Å². The van der Waals surface area contributed by atoms with Crippen molar-refractivity contribution in [1.82, 2.24) is 0 Å². The SMILES string of the molecule is CCC1CCC(C#N)(C2CC(C)CC(C)C2)C1. The van der Waals surface area contributed by atoms with Crippen molar-refractivity contribution in [2.75, 3.05) is 0 Å². The fourth-order valence-electron chi connectivity index (χ4n) is 4.49. The predicted molar refractivity (Wildman–Crippen MR) is 71.3 cm³/mol. The summed E-state index contributed by atoms with van der Waals surface area (Å²) in [4.78, 5) is 0. The van der Waals surface area contributed by atoms with Gasteiger partial charge in [0.25, 0.3) is 0 Å². The van der Waals surface area contributed by atoms with E-state index < -0.39 is 0 Å². The molecular weight excluding hydrogens is 206 g/mol. The van der Waals surface area contributed by atoms with Crippen LogP contribution in [0.3, 0.4) is 0 Å². The molecule has 0 aromatic heterocycles. The summed E-state index contributed by atoms with van der Waals surface area (Å²) in [7, 11) is 0. The Morgan fingerprint density at radius 1 is 1.18 bits per heavy atom. The maximum Gasteiger partial charge on any atom is 0.0692 e. The van der Waals surface area contributed by atoms with Crippen molar-refractivity contribution >= 4 is 0 Å². The fourth-order valence-corrected chi connectivity index (χ4v) is 4.49. The largest absolute Gasteiger partial charge is 0.198 e. The van der Waals surface area contributed by atoms with Crippen LogP contribution in [0, 0.1) is 40.4 Å². The van der Waals surface area contributed by atoms with Gasteiger partial charge in [0.15, 0.2) is 0 Å². The first-order valence-electron chi connectivity index (χ1n) is 7.51.